The average molecular weight is 394 g/mol. The molecule has 7 heteroatoms. The number of rotatable bonds is 5. The van der Waals surface area contributed by atoms with Crippen LogP contribution in [0.15, 0.2) is 36.4 Å². The lowest BCUT2D eigenvalue weighted by molar-refractivity contribution is 0.0780. The third kappa shape index (κ3) is 3.55. The lowest BCUT2D eigenvalue weighted by Gasteiger charge is -2.18. The molecule has 0 atom stereocenters. The first-order chi connectivity index (χ1) is 12.4. The van der Waals surface area contributed by atoms with Crippen LogP contribution in [0.3, 0.4) is 0 Å². The second-order valence-electron chi connectivity index (χ2n) is 6.07. The van der Waals surface area contributed by atoms with E-state index in [-0.39, 0.29) is 18.3 Å². The van der Waals surface area contributed by atoms with Gasteiger partial charge in [0.15, 0.2) is 5.82 Å². The highest BCUT2D eigenvalue weighted by molar-refractivity contribution is 6.35. The Labute approximate surface area is 161 Å². The number of carbonyl (C=O) groups excluding carboxylic acids is 1. The Morgan fingerprint density at radius 2 is 2.04 bits per heavy atom. The molecule has 0 radical (unpaired) electrons. The molecule has 0 spiro atoms. The van der Waals surface area contributed by atoms with Crippen molar-refractivity contribution in [1.29, 1.82) is 0 Å². The highest BCUT2D eigenvalue weighted by Gasteiger charge is 2.20. The maximum Gasteiger partial charge on any atom is 0.255 e. The van der Waals surface area contributed by atoms with Crippen molar-refractivity contribution < 1.29 is 9.18 Å². The molecule has 0 aliphatic carbocycles. The summed E-state index contributed by atoms with van der Waals surface area (Å²) in [7, 11) is 1.66. The van der Waals surface area contributed by atoms with Crippen molar-refractivity contribution in [3.8, 4) is 0 Å². The third-order valence-corrected chi connectivity index (χ3v) is 4.70. The van der Waals surface area contributed by atoms with Crippen molar-refractivity contribution in [2.75, 3.05) is 7.05 Å². The molecule has 2 aromatic carbocycles. The summed E-state index contributed by atoms with van der Waals surface area (Å²) in [6.45, 7) is 2.96. The van der Waals surface area contributed by atoms with Crippen LogP contribution in [0.4, 0.5) is 4.39 Å². The molecule has 0 unspecified atom stereocenters. The van der Waals surface area contributed by atoms with E-state index in [0.717, 1.165) is 11.9 Å². The van der Waals surface area contributed by atoms with Gasteiger partial charge in [-0.15, -0.1) is 0 Å². The molecule has 136 valence electrons. The quantitative estimate of drug-likeness (QED) is 0.599. The molecule has 0 saturated carbocycles. The number of nitrogens with zero attached hydrogens (tertiary/aromatic N) is 3. The van der Waals surface area contributed by atoms with E-state index in [1.54, 1.807) is 25.2 Å². The minimum absolute atomic E-state index is 0.232. The van der Waals surface area contributed by atoms with Crippen LogP contribution in [0.25, 0.3) is 11.0 Å². The van der Waals surface area contributed by atoms with Crippen molar-refractivity contribution >= 4 is 40.1 Å². The molecule has 0 N–H and O–H groups in total. The van der Waals surface area contributed by atoms with Gasteiger partial charge in [-0.3, -0.25) is 4.79 Å². The predicted molar refractivity (Wildman–Crippen MR) is 102 cm³/mol. The summed E-state index contributed by atoms with van der Waals surface area (Å²) < 4.78 is 16.0. The summed E-state index contributed by atoms with van der Waals surface area (Å²) >= 11 is 12.1. The largest absolute Gasteiger partial charge is 0.334 e. The topological polar surface area (TPSA) is 38.1 Å². The molecule has 0 aliphatic rings. The Hall–Kier alpha value is -2.11. The maximum atomic E-state index is 14.1. The zero-order valence-corrected chi connectivity index (χ0v) is 16.0. The first-order valence-corrected chi connectivity index (χ1v) is 9.02. The van der Waals surface area contributed by atoms with E-state index in [9.17, 15) is 9.18 Å². The standard InChI is InChI=1S/C19H18Cl2FN3O/c1-3-9-25-16-6-4-5-15(22)18(16)23-17(25)11-24(2)19(26)13-10-12(20)7-8-14(13)21/h4-8,10H,3,9,11H2,1-2H3. The van der Waals surface area contributed by atoms with Gasteiger partial charge in [-0.05, 0) is 36.8 Å². The zero-order chi connectivity index (χ0) is 18.8. The van der Waals surface area contributed by atoms with Crippen molar-refractivity contribution in [3.05, 3.63) is 63.6 Å². The molecule has 0 aliphatic heterocycles. The van der Waals surface area contributed by atoms with Gasteiger partial charge < -0.3 is 9.47 Å². The lowest BCUT2D eigenvalue weighted by atomic mass is 10.2. The normalized spacial score (nSPS) is 11.1. The summed E-state index contributed by atoms with van der Waals surface area (Å²) in [6.07, 6.45) is 0.868. The van der Waals surface area contributed by atoms with Gasteiger partial charge in [-0.2, -0.15) is 0 Å². The van der Waals surface area contributed by atoms with E-state index >= 15 is 0 Å². The van der Waals surface area contributed by atoms with E-state index in [1.807, 2.05) is 17.6 Å². The number of hydrogen-bond acceptors (Lipinski definition) is 2. The fourth-order valence-electron chi connectivity index (χ4n) is 2.91. The smallest absolute Gasteiger partial charge is 0.255 e. The van der Waals surface area contributed by atoms with Gasteiger partial charge in [-0.1, -0.05) is 36.2 Å². The van der Waals surface area contributed by atoms with Gasteiger partial charge in [0, 0.05) is 18.6 Å². The number of fused-ring (bicyclic) bond motifs is 1. The van der Waals surface area contributed by atoms with E-state index in [0.29, 0.717) is 33.5 Å². The van der Waals surface area contributed by atoms with Gasteiger partial charge in [-0.25, -0.2) is 9.37 Å². The van der Waals surface area contributed by atoms with Crippen LogP contribution in [0, 0.1) is 5.82 Å². The summed E-state index contributed by atoms with van der Waals surface area (Å²) in [5.74, 6) is -0.0144. The number of benzene rings is 2. The summed E-state index contributed by atoms with van der Waals surface area (Å²) in [5.41, 5.74) is 1.37. The average Bonchev–Trinajstić information content (AvgIpc) is 2.96. The van der Waals surface area contributed by atoms with Gasteiger partial charge in [0.2, 0.25) is 0 Å². The molecule has 1 amide bonds. The molecular formula is C19H18Cl2FN3O. The Balaban J connectivity index is 1.95. The second-order valence-corrected chi connectivity index (χ2v) is 6.92. The van der Waals surface area contributed by atoms with Crippen LogP contribution in [0.1, 0.15) is 29.5 Å². The first kappa shape index (κ1) is 18.7. The number of hydrogen-bond donors (Lipinski definition) is 0. The summed E-state index contributed by atoms with van der Waals surface area (Å²) in [4.78, 5) is 18.7. The number of amides is 1. The van der Waals surface area contributed by atoms with Gasteiger partial charge in [0.1, 0.15) is 11.3 Å². The van der Waals surface area contributed by atoms with Crippen LogP contribution >= 0.6 is 23.2 Å². The summed E-state index contributed by atoms with van der Waals surface area (Å²) in [6, 6.07) is 9.64. The van der Waals surface area contributed by atoms with E-state index in [4.69, 9.17) is 23.2 Å². The van der Waals surface area contributed by atoms with Gasteiger partial charge in [0.05, 0.1) is 22.6 Å². The molecule has 0 bridgehead atoms. The second kappa shape index (κ2) is 7.64. The number of para-hydroxylation sites is 1. The number of halogens is 3. The highest BCUT2D eigenvalue weighted by atomic mass is 35.5. The zero-order valence-electron chi connectivity index (χ0n) is 14.5. The molecule has 0 fully saturated rings. The fourth-order valence-corrected chi connectivity index (χ4v) is 3.28. The van der Waals surface area contributed by atoms with Crippen LogP contribution < -0.4 is 0 Å². The van der Waals surface area contributed by atoms with Gasteiger partial charge in [0.25, 0.3) is 5.91 Å². The third-order valence-electron chi connectivity index (χ3n) is 4.14. The fraction of sp³-hybridized carbons (Fsp3) is 0.263. The van der Waals surface area contributed by atoms with Crippen molar-refractivity contribution in [2.45, 2.75) is 26.4 Å². The minimum Gasteiger partial charge on any atom is -0.334 e. The van der Waals surface area contributed by atoms with Crippen molar-refractivity contribution in [2.24, 2.45) is 0 Å². The van der Waals surface area contributed by atoms with Crippen LogP contribution in [0.5, 0.6) is 0 Å². The molecular weight excluding hydrogens is 376 g/mol. The maximum absolute atomic E-state index is 14.1. The first-order valence-electron chi connectivity index (χ1n) is 8.26. The Bertz CT molecular complexity index is 971. The van der Waals surface area contributed by atoms with Crippen LogP contribution in [0.2, 0.25) is 10.0 Å². The van der Waals surface area contributed by atoms with E-state index in [2.05, 4.69) is 4.98 Å². The number of carbonyl (C=O) groups is 1. The number of aryl methyl sites for hydroxylation is 1. The molecule has 3 aromatic rings. The minimum atomic E-state index is -0.370. The highest BCUT2D eigenvalue weighted by Crippen LogP contribution is 2.24. The summed E-state index contributed by atoms with van der Waals surface area (Å²) in [5, 5.41) is 0.769. The van der Waals surface area contributed by atoms with Gasteiger partial charge >= 0.3 is 0 Å². The Morgan fingerprint density at radius 1 is 1.27 bits per heavy atom. The molecule has 1 heterocycles. The van der Waals surface area contributed by atoms with E-state index in [1.165, 1.54) is 17.0 Å². The van der Waals surface area contributed by atoms with Crippen LogP contribution in [-0.4, -0.2) is 27.4 Å². The predicted octanol–water partition coefficient (Wildman–Crippen LogP) is 5.16. The number of imidazole rings is 1. The lowest BCUT2D eigenvalue weighted by Crippen LogP contribution is -2.28. The molecule has 1 aromatic heterocycles. The van der Waals surface area contributed by atoms with Crippen LogP contribution in [-0.2, 0) is 13.1 Å². The molecule has 4 nitrogen and oxygen atoms in total. The molecule has 0 saturated heterocycles. The Kier molecular flexibility index (Phi) is 5.49. The van der Waals surface area contributed by atoms with E-state index < -0.39 is 0 Å². The molecule has 3 rings (SSSR count). The number of aromatic nitrogens is 2. The molecule has 26 heavy (non-hydrogen) atoms. The van der Waals surface area contributed by atoms with Crippen molar-refractivity contribution in [3.63, 3.8) is 0 Å². The Morgan fingerprint density at radius 3 is 2.77 bits per heavy atom. The van der Waals surface area contributed by atoms with Crippen molar-refractivity contribution in [1.82, 2.24) is 14.5 Å². The monoisotopic (exact) mass is 393 g/mol. The SMILES string of the molecule is CCCn1c(CN(C)C(=O)c2cc(Cl)ccc2Cl)nc2c(F)cccc21.